The largest absolute Gasteiger partial charge is 0.342 e. The van der Waals surface area contributed by atoms with E-state index in [9.17, 15) is 9.59 Å². The van der Waals surface area contributed by atoms with E-state index >= 15 is 0 Å². The van der Waals surface area contributed by atoms with E-state index in [0.29, 0.717) is 17.9 Å². The van der Waals surface area contributed by atoms with Gasteiger partial charge < -0.3 is 10.6 Å². The van der Waals surface area contributed by atoms with Gasteiger partial charge in [0.05, 0.1) is 0 Å². The number of hydrogen-bond donors (Lipinski definition) is 1. The van der Waals surface area contributed by atoms with Crippen LogP contribution in [0.2, 0.25) is 0 Å². The van der Waals surface area contributed by atoms with Gasteiger partial charge in [0.1, 0.15) is 0 Å². The van der Waals surface area contributed by atoms with Crippen LogP contribution in [0.4, 0.5) is 0 Å². The number of amides is 1. The molecule has 0 aromatic heterocycles. The van der Waals surface area contributed by atoms with Gasteiger partial charge in [0.2, 0.25) is 5.91 Å². The van der Waals surface area contributed by atoms with E-state index in [1.807, 2.05) is 43.0 Å². The summed E-state index contributed by atoms with van der Waals surface area (Å²) in [5.41, 5.74) is 7.76. The topological polar surface area (TPSA) is 63.4 Å². The summed E-state index contributed by atoms with van der Waals surface area (Å²) >= 11 is 0. The van der Waals surface area contributed by atoms with Crippen LogP contribution >= 0.6 is 0 Å². The van der Waals surface area contributed by atoms with Crippen LogP contribution in [0.5, 0.6) is 0 Å². The molecule has 1 amide bonds. The molecule has 0 radical (unpaired) electrons. The number of likely N-dealkylation sites (tertiary alicyclic amines) is 1. The second-order valence-electron chi connectivity index (χ2n) is 6.39. The third-order valence-electron chi connectivity index (χ3n) is 4.49. The summed E-state index contributed by atoms with van der Waals surface area (Å²) in [4.78, 5) is 26.3. The van der Waals surface area contributed by atoms with Crippen molar-refractivity contribution in [1.82, 2.24) is 4.90 Å². The molecule has 1 aliphatic rings. The lowest BCUT2D eigenvalue weighted by Crippen LogP contribution is -2.45. The van der Waals surface area contributed by atoms with Crippen molar-refractivity contribution in [2.75, 3.05) is 13.1 Å². The van der Waals surface area contributed by atoms with Crippen LogP contribution in [0, 0.1) is 12.8 Å². The summed E-state index contributed by atoms with van der Waals surface area (Å²) in [6.07, 6.45) is 2.66. The SMILES string of the molecule is Cc1ccc(C(=O)CCC(=O)N2CCCC(C(C)N)C2)cc1. The lowest BCUT2D eigenvalue weighted by molar-refractivity contribution is -0.133. The van der Waals surface area contributed by atoms with Crippen LogP contribution in [-0.2, 0) is 4.79 Å². The van der Waals surface area contributed by atoms with Crippen LogP contribution in [0.15, 0.2) is 24.3 Å². The van der Waals surface area contributed by atoms with Crippen LogP contribution < -0.4 is 5.73 Å². The number of hydrogen-bond acceptors (Lipinski definition) is 3. The molecule has 0 spiro atoms. The minimum absolute atomic E-state index is 0.0362. The van der Waals surface area contributed by atoms with Gasteiger partial charge >= 0.3 is 0 Å². The van der Waals surface area contributed by atoms with Gasteiger partial charge in [0.25, 0.3) is 0 Å². The lowest BCUT2D eigenvalue weighted by atomic mass is 9.92. The van der Waals surface area contributed by atoms with Crippen LogP contribution in [0.25, 0.3) is 0 Å². The molecule has 22 heavy (non-hydrogen) atoms. The molecule has 4 nitrogen and oxygen atoms in total. The predicted molar refractivity (Wildman–Crippen MR) is 87.7 cm³/mol. The number of rotatable bonds is 5. The Hall–Kier alpha value is -1.68. The molecule has 1 aromatic rings. The second-order valence-corrected chi connectivity index (χ2v) is 6.39. The van der Waals surface area contributed by atoms with E-state index in [-0.39, 0.29) is 24.2 Å². The lowest BCUT2D eigenvalue weighted by Gasteiger charge is -2.34. The normalized spacial score (nSPS) is 19.8. The molecule has 120 valence electrons. The van der Waals surface area contributed by atoms with Crippen molar-refractivity contribution < 1.29 is 9.59 Å². The van der Waals surface area contributed by atoms with Crippen LogP contribution in [0.1, 0.15) is 48.5 Å². The Morgan fingerprint density at radius 1 is 1.27 bits per heavy atom. The molecule has 2 rings (SSSR count). The number of Topliss-reactive ketones (excluding diaryl/α,β-unsaturated/α-hetero) is 1. The Morgan fingerprint density at radius 2 is 1.95 bits per heavy atom. The molecular weight excluding hydrogens is 276 g/mol. The number of ketones is 1. The van der Waals surface area contributed by atoms with Gasteiger partial charge in [0, 0.05) is 37.5 Å². The zero-order valence-corrected chi connectivity index (χ0v) is 13.5. The Labute approximate surface area is 132 Å². The Balaban J connectivity index is 1.84. The molecule has 2 N–H and O–H groups in total. The number of benzene rings is 1. The fraction of sp³-hybridized carbons (Fsp3) is 0.556. The van der Waals surface area contributed by atoms with Crippen molar-refractivity contribution in [3.05, 3.63) is 35.4 Å². The highest BCUT2D eigenvalue weighted by molar-refractivity contribution is 5.97. The zero-order chi connectivity index (χ0) is 16.1. The van der Waals surface area contributed by atoms with E-state index in [4.69, 9.17) is 5.73 Å². The average molecular weight is 302 g/mol. The summed E-state index contributed by atoms with van der Waals surface area (Å²) in [6.45, 7) is 5.51. The fourth-order valence-corrected chi connectivity index (χ4v) is 2.93. The molecule has 0 bridgehead atoms. The predicted octanol–water partition coefficient (Wildman–Crippen LogP) is 2.54. The number of piperidine rings is 1. The third-order valence-corrected chi connectivity index (χ3v) is 4.49. The standard InChI is InChI=1S/C18H26N2O2/c1-13-5-7-15(8-6-13)17(21)9-10-18(22)20-11-3-4-16(12-20)14(2)19/h5-8,14,16H,3-4,9-12,19H2,1-2H3. The Morgan fingerprint density at radius 3 is 2.59 bits per heavy atom. The molecule has 1 aliphatic heterocycles. The van der Waals surface area contributed by atoms with Crippen molar-refractivity contribution in [1.29, 1.82) is 0 Å². The Bertz CT molecular complexity index is 522. The highest BCUT2D eigenvalue weighted by Gasteiger charge is 2.25. The molecule has 2 unspecified atom stereocenters. The maximum absolute atomic E-state index is 12.3. The average Bonchev–Trinajstić information content (AvgIpc) is 2.53. The van der Waals surface area contributed by atoms with Crippen LogP contribution in [-0.4, -0.2) is 35.7 Å². The van der Waals surface area contributed by atoms with E-state index in [2.05, 4.69) is 0 Å². The smallest absolute Gasteiger partial charge is 0.223 e. The molecule has 4 heteroatoms. The van der Waals surface area contributed by atoms with E-state index in [1.165, 1.54) is 0 Å². The highest BCUT2D eigenvalue weighted by atomic mass is 16.2. The minimum Gasteiger partial charge on any atom is -0.342 e. The van der Waals surface area contributed by atoms with Gasteiger partial charge in [-0.05, 0) is 32.6 Å². The number of nitrogens with two attached hydrogens (primary N) is 1. The van der Waals surface area contributed by atoms with E-state index in [0.717, 1.165) is 31.5 Å². The molecule has 1 fully saturated rings. The first-order valence-electron chi connectivity index (χ1n) is 8.10. The van der Waals surface area contributed by atoms with E-state index < -0.39 is 0 Å². The summed E-state index contributed by atoms with van der Waals surface area (Å²) in [7, 11) is 0. The highest BCUT2D eigenvalue weighted by Crippen LogP contribution is 2.20. The molecule has 0 aliphatic carbocycles. The minimum atomic E-state index is 0.0362. The summed E-state index contributed by atoms with van der Waals surface area (Å²) in [6, 6.07) is 7.62. The van der Waals surface area contributed by atoms with Gasteiger partial charge in [-0.1, -0.05) is 29.8 Å². The van der Waals surface area contributed by atoms with Gasteiger partial charge in [-0.25, -0.2) is 0 Å². The van der Waals surface area contributed by atoms with Crippen molar-refractivity contribution in [2.24, 2.45) is 11.7 Å². The second kappa shape index (κ2) is 7.54. The fourth-order valence-electron chi connectivity index (χ4n) is 2.93. The summed E-state index contributed by atoms with van der Waals surface area (Å²) in [5.74, 6) is 0.491. The first kappa shape index (κ1) is 16.7. The van der Waals surface area contributed by atoms with Crippen molar-refractivity contribution in [3.63, 3.8) is 0 Å². The number of carbonyl (C=O) groups is 2. The molecule has 1 aromatic carbocycles. The van der Waals surface area contributed by atoms with Crippen LogP contribution in [0.3, 0.4) is 0 Å². The van der Waals surface area contributed by atoms with Gasteiger partial charge in [-0.3, -0.25) is 9.59 Å². The molecule has 2 atom stereocenters. The van der Waals surface area contributed by atoms with E-state index in [1.54, 1.807) is 0 Å². The van der Waals surface area contributed by atoms with Crippen molar-refractivity contribution in [2.45, 2.75) is 45.6 Å². The summed E-state index contributed by atoms with van der Waals surface area (Å²) in [5, 5.41) is 0. The Kier molecular flexibility index (Phi) is 5.72. The summed E-state index contributed by atoms with van der Waals surface area (Å²) < 4.78 is 0. The first-order valence-corrected chi connectivity index (χ1v) is 8.10. The monoisotopic (exact) mass is 302 g/mol. The maximum Gasteiger partial charge on any atom is 0.223 e. The van der Waals surface area contributed by atoms with Crippen molar-refractivity contribution >= 4 is 11.7 Å². The van der Waals surface area contributed by atoms with Gasteiger partial charge in [-0.15, -0.1) is 0 Å². The van der Waals surface area contributed by atoms with Gasteiger partial charge in [-0.2, -0.15) is 0 Å². The maximum atomic E-state index is 12.3. The number of aryl methyl sites for hydroxylation is 1. The molecule has 0 saturated carbocycles. The molecule has 1 saturated heterocycles. The van der Waals surface area contributed by atoms with Gasteiger partial charge in [0.15, 0.2) is 5.78 Å². The van der Waals surface area contributed by atoms with Crippen molar-refractivity contribution in [3.8, 4) is 0 Å². The zero-order valence-electron chi connectivity index (χ0n) is 13.5. The molecule has 1 heterocycles. The quantitative estimate of drug-likeness (QED) is 0.850. The molecular formula is C18H26N2O2. The number of carbonyl (C=O) groups excluding carboxylic acids is 2. The number of nitrogens with zero attached hydrogens (tertiary/aromatic N) is 1. The first-order chi connectivity index (χ1) is 10.5. The third kappa shape index (κ3) is 4.41.